The smallest absolute Gasteiger partial charge is 0.269 e. The second-order valence-electron chi connectivity index (χ2n) is 5.31. The van der Waals surface area contributed by atoms with Crippen LogP contribution in [0.25, 0.3) is 0 Å². The number of benzene rings is 2. The number of aliphatic hydroxyl groups excluding tert-OH is 2. The van der Waals surface area contributed by atoms with Crippen molar-refractivity contribution in [2.45, 2.75) is 12.1 Å². The number of nitro benzene ring substituents is 1. The van der Waals surface area contributed by atoms with E-state index in [1.165, 1.54) is 24.3 Å². The molecule has 0 heterocycles. The van der Waals surface area contributed by atoms with Crippen LogP contribution in [0.5, 0.6) is 0 Å². The standard InChI is InChI=1S/C16H15Cl2N3O4S/c17-12-6-3-10(7-13(12)18)19-16(26)20-14(8-22)15(23)9-1-4-11(5-2-9)21(24)25/h1-7,14-15,22-23H,8H2,(H2,19,20,26). The molecule has 0 saturated carbocycles. The van der Waals surface area contributed by atoms with Gasteiger partial charge in [0.2, 0.25) is 0 Å². The van der Waals surface area contributed by atoms with Crippen LogP contribution in [0.4, 0.5) is 11.4 Å². The molecule has 0 aliphatic heterocycles. The number of non-ortho nitro benzene ring substituents is 1. The topological polar surface area (TPSA) is 108 Å². The van der Waals surface area contributed by atoms with Crippen LogP contribution in [0.1, 0.15) is 11.7 Å². The summed E-state index contributed by atoms with van der Waals surface area (Å²) < 4.78 is 0. The largest absolute Gasteiger partial charge is 0.394 e. The summed E-state index contributed by atoms with van der Waals surface area (Å²) in [6.07, 6.45) is -1.13. The molecule has 2 unspecified atom stereocenters. The summed E-state index contributed by atoms with van der Waals surface area (Å²) in [5.74, 6) is 0. The van der Waals surface area contributed by atoms with Crippen molar-refractivity contribution in [1.29, 1.82) is 0 Å². The minimum absolute atomic E-state index is 0.0914. The van der Waals surface area contributed by atoms with E-state index in [4.69, 9.17) is 35.4 Å². The molecule has 2 atom stereocenters. The van der Waals surface area contributed by atoms with E-state index >= 15 is 0 Å². The lowest BCUT2D eigenvalue weighted by atomic mass is 10.0. The molecular weight excluding hydrogens is 401 g/mol. The van der Waals surface area contributed by atoms with Crippen molar-refractivity contribution in [3.63, 3.8) is 0 Å². The molecule has 0 radical (unpaired) electrons. The lowest BCUT2D eigenvalue weighted by Gasteiger charge is -2.24. The average molecular weight is 416 g/mol. The third-order valence-electron chi connectivity index (χ3n) is 3.52. The molecule has 26 heavy (non-hydrogen) atoms. The van der Waals surface area contributed by atoms with Crippen molar-refractivity contribution in [2.24, 2.45) is 0 Å². The maximum absolute atomic E-state index is 10.7. The fourth-order valence-corrected chi connectivity index (χ4v) is 2.73. The second kappa shape index (κ2) is 9.11. The number of rotatable bonds is 6. The van der Waals surface area contributed by atoms with Crippen LogP contribution in [0.2, 0.25) is 10.0 Å². The number of aliphatic hydroxyl groups is 2. The third-order valence-corrected chi connectivity index (χ3v) is 4.48. The van der Waals surface area contributed by atoms with Crippen LogP contribution >= 0.6 is 35.4 Å². The number of hydrogen-bond acceptors (Lipinski definition) is 5. The van der Waals surface area contributed by atoms with Crippen molar-refractivity contribution in [1.82, 2.24) is 5.32 Å². The maximum atomic E-state index is 10.7. The quantitative estimate of drug-likeness (QED) is 0.325. The van der Waals surface area contributed by atoms with Crippen molar-refractivity contribution < 1.29 is 15.1 Å². The van der Waals surface area contributed by atoms with Gasteiger partial charge in [0.1, 0.15) is 6.10 Å². The van der Waals surface area contributed by atoms with E-state index in [2.05, 4.69) is 10.6 Å². The Kier molecular flexibility index (Phi) is 7.13. The molecule has 2 aromatic carbocycles. The van der Waals surface area contributed by atoms with Crippen molar-refractivity contribution >= 4 is 51.9 Å². The molecule has 2 aromatic rings. The molecule has 0 fully saturated rings. The predicted octanol–water partition coefficient (Wildman–Crippen LogP) is 3.28. The Hall–Kier alpha value is -1.97. The van der Waals surface area contributed by atoms with E-state index in [0.29, 0.717) is 21.3 Å². The van der Waals surface area contributed by atoms with E-state index in [9.17, 15) is 20.3 Å². The van der Waals surface area contributed by atoms with E-state index in [0.717, 1.165) is 0 Å². The highest BCUT2D eigenvalue weighted by Crippen LogP contribution is 2.25. The molecule has 0 bridgehead atoms. The van der Waals surface area contributed by atoms with E-state index < -0.39 is 23.7 Å². The first-order valence-corrected chi connectivity index (χ1v) is 8.54. The Bertz CT molecular complexity index is 805. The van der Waals surface area contributed by atoms with Crippen molar-refractivity contribution in [2.75, 3.05) is 11.9 Å². The molecule has 4 N–H and O–H groups in total. The first-order chi connectivity index (χ1) is 12.3. The van der Waals surface area contributed by atoms with Crippen LogP contribution in [0.3, 0.4) is 0 Å². The summed E-state index contributed by atoms with van der Waals surface area (Å²) in [4.78, 5) is 10.2. The Morgan fingerprint density at radius 2 is 1.85 bits per heavy atom. The van der Waals surface area contributed by atoms with Gasteiger partial charge in [0.15, 0.2) is 5.11 Å². The molecule has 138 valence electrons. The number of nitro groups is 1. The van der Waals surface area contributed by atoms with Gasteiger partial charge in [-0.2, -0.15) is 0 Å². The Balaban J connectivity index is 2.03. The molecule has 0 saturated heterocycles. The van der Waals surface area contributed by atoms with E-state index in [1.807, 2.05) is 0 Å². The van der Waals surface area contributed by atoms with Gasteiger partial charge in [-0.05, 0) is 48.1 Å². The molecule has 7 nitrogen and oxygen atoms in total. The van der Waals surface area contributed by atoms with Gasteiger partial charge in [-0.3, -0.25) is 10.1 Å². The van der Waals surface area contributed by atoms with Gasteiger partial charge in [-0.1, -0.05) is 23.2 Å². The molecule has 2 rings (SSSR count). The fourth-order valence-electron chi connectivity index (χ4n) is 2.16. The monoisotopic (exact) mass is 415 g/mol. The Morgan fingerprint density at radius 3 is 2.38 bits per heavy atom. The van der Waals surface area contributed by atoms with Crippen molar-refractivity contribution in [3.8, 4) is 0 Å². The molecular formula is C16H15Cl2N3O4S. The highest BCUT2D eigenvalue weighted by Gasteiger charge is 2.22. The Labute approximate surface area is 164 Å². The van der Waals surface area contributed by atoms with Gasteiger partial charge >= 0.3 is 0 Å². The van der Waals surface area contributed by atoms with Gasteiger partial charge in [0.25, 0.3) is 5.69 Å². The number of hydrogen-bond donors (Lipinski definition) is 4. The SMILES string of the molecule is O=[N+]([O-])c1ccc(C(O)C(CO)NC(=S)Nc2ccc(Cl)c(Cl)c2)cc1. The molecule has 10 heteroatoms. The van der Waals surface area contributed by atoms with Crippen LogP contribution in [0, 0.1) is 10.1 Å². The number of nitrogens with zero attached hydrogens (tertiary/aromatic N) is 1. The number of halogens is 2. The van der Waals surface area contributed by atoms with E-state index in [1.54, 1.807) is 18.2 Å². The lowest BCUT2D eigenvalue weighted by Crippen LogP contribution is -2.43. The average Bonchev–Trinajstić information content (AvgIpc) is 2.62. The third kappa shape index (κ3) is 5.26. The zero-order valence-electron chi connectivity index (χ0n) is 13.2. The fraction of sp³-hybridized carbons (Fsp3) is 0.188. The minimum atomic E-state index is -1.13. The first-order valence-electron chi connectivity index (χ1n) is 7.37. The van der Waals surface area contributed by atoms with Crippen molar-refractivity contribution in [3.05, 3.63) is 68.2 Å². The minimum Gasteiger partial charge on any atom is -0.394 e. The van der Waals surface area contributed by atoms with Crippen LogP contribution < -0.4 is 10.6 Å². The summed E-state index contributed by atoms with van der Waals surface area (Å²) in [5.41, 5.74) is 0.893. The normalized spacial score (nSPS) is 12.9. The second-order valence-corrected chi connectivity index (χ2v) is 6.53. The summed E-state index contributed by atoms with van der Waals surface area (Å²) >= 11 is 16.9. The highest BCUT2D eigenvalue weighted by molar-refractivity contribution is 7.80. The predicted molar refractivity (Wildman–Crippen MR) is 105 cm³/mol. The molecule has 0 aromatic heterocycles. The summed E-state index contributed by atoms with van der Waals surface area (Å²) in [7, 11) is 0. The summed E-state index contributed by atoms with van der Waals surface area (Å²) in [6.45, 7) is -0.415. The molecule has 0 aliphatic carbocycles. The summed E-state index contributed by atoms with van der Waals surface area (Å²) in [6, 6.07) is 9.43. The van der Waals surface area contributed by atoms with Crippen LogP contribution in [0.15, 0.2) is 42.5 Å². The summed E-state index contributed by atoms with van der Waals surface area (Å²) in [5, 5.41) is 37.2. The highest BCUT2D eigenvalue weighted by atomic mass is 35.5. The zero-order chi connectivity index (χ0) is 19.3. The molecule has 0 spiro atoms. The van der Waals surface area contributed by atoms with Crippen LogP contribution in [-0.2, 0) is 0 Å². The Morgan fingerprint density at radius 1 is 1.19 bits per heavy atom. The van der Waals surface area contributed by atoms with Gasteiger partial charge in [-0.25, -0.2) is 0 Å². The zero-order valence-corrected chi connectivity index (χ0v) is 15.6. The van der Waals surface area contributed by atoms with Crippen LogP contribution in [-0.4, -0.2) is 32.9 Å². The first kappa shape index (κ1) is 20.3. The lowest BCUT2D eigenvalue weighted by molar-refractivity contribution is -0.384. The molecule has 0 aliphatic rings. The van der Waals surface area contributed by atoms with Gasteiger partial charge in [-0.15, -0.1) is 0 Å². The van der Waals surface area contributed by atoms with Gasteiger partial charge in [0, 0.05) is 17.8 Å². The number of thiocarbonyl (C=S) groups is 1. The van der Waals surface area contributed by atoms with Gasteiger partial charge in [0.05, 0.1) is 27.6 Å². The number of nitrogens with one attached hydrogen (secondary N) is 2. The van der Waals surface area contributed by atoms with E-state index in [-0.39, 0.29) is 10.8 Å². The maximum Gasteiger partial charge on any atom is 0.269 e. The van der Waals surface area contributed by atoms with Gasteiger partial charge < -0.3 is 20.8 Å². The molecule has 0 amide bonds. The number of anilines is 1.